The number of nitrogens with one attached hydrogen (secondary N) is 1. The summed E-state index contributed by atoms with van der Waals surface area (Å²) < 4.78 is 10.8. The fraction of sp³-hybridized carbons (Fsp3) is 0.692. The van der Waals surface area contributed by atoms with Gasteiger partial charge in [-0.2, -0.15) is 0 Å². The molecule has 1 aromatic rings. The lowest BCUT2D eigenvalue weighted by atomic mass is 10.2. The molecule has 0 aliphatic heterocycles. The maximum atomic E-state index is 5.81. The van der Waals surface area contributed by atoms with Crippen molar-refractivity contribution < 1.29 is 9.15 Å². The predicted molar refractivity (Wildman–Crippen MR) is 63.7 cm³/mol. The molecule has 16 heavy (non-hydrogen) atoms. The Morgan fingerprint density at radius 1 is 1.44 bits per heavy atom. The van der Waals surface area contributed by atoms with Crippen LogP contribution in [0.3, 0.4) is 0 Å². The van der Waals surface area contributed by atoms with E-state index in [1.54, 1.807) is 7.11 Å². The summed E-state index contributed by atoms with van der Waals surface area (Å²) in [6.07, 6.45) is 2.25. The Morgan fingerprint density at radius 2 is 2.25 bits per heavy atom. The summed E-state index contributed by atoms with van der Waals surface area (Å²) in [5.41, 5.74) is 0. The van der Waals surface area contributed by atoms with Gasteiger partial charge in [0.05, 0.1) is 6.61 Å². The topological polar surface area (TPSA) is 34.4 Å². The minimum atomic E-state index is 0.690. The molecule has 0 radical (unpaired) electrons. The quantitative estimate of drug-likeness (QED) is 0.719. The molecule has 2 rings (SSSR count). The van der Waals surface area contributed by atoms with Gasteiger partial charge in [0.25, 0.3) is 0 Å². The first kappa shape index (κ1) is 11.7. The second kappa shape index (κ2) is 5.51. The van der Waals surface area contributed by atoms with Gasteiger partial charge < -0.3 is 14.5 Å². The van der Waals surface area contributed by atoms with E-state index in [0.717, 1.165) is 37.8 Å². The molecular formula is C13H21NO2. The predicted octanol–water partition coefficient (Wildman–Crippen LogP) is 2.18. The van der Waals surface area contributed by atoms with Crippen molar-refractivity contribution in [3.05, 3.63) is 23.7 Å². The average Bonchev–Trinajstić information content (AvgIpc) is 2.83. The lowest BCUT2D eigenvalue weighted by Gasteiger charge is -2.01. The monoisotopic (exact) mass is 223 g/mol. The Kier molecular flexibility index (Phi) is 4.02. The third kappa shape index (κ3) is 3.09. The van der Waals surface area contributed by atoms with E-state index in [4.69, 9.17) is 9.15 Å². The van der Waals surface area contributed by atoms with Crippen LogP contribution in [-0.4, -0.2) is 26.8 Å². The van der Waals surface area contributed by atoms with Crippen molar-refractivity contribution in [3.8, 4) is 0 Å². The van der Waals surface area contributed by atoms with Gasteiger partial charge in [0.1, 0.15) is 11.5 Å². The molecule has 0 amide bonds. The lowest BCUT2D eigenvalue weighted by Crippen LogP contribution is -2.21. The maximum absolute atomic E-state index is 5.81. The van der Waals surface area contributed by atoms with E-state index < -0.39 is 0 Å². The first-order valence-corrected chi connectivity index (χ1v) is 6.09. The molecule has 2 unspecified atom stereocenters. The molecule has 90 valence electrons. The zero-order valence-corrected chi connectivity index (χ0v) is 10.2. The fourth-order valence-electron chi connectivity index (χ4n) is 1.96. The van der Waals surface area contributed by atoms with Gasteiger partial charge in [-0.3, -0.25) is 0 Å². The van der Waals surface area contributed by atoms with Gasteiger partial charge in [-0.1, -0.05) is 6.92 Å². The van der Waals surface area contributed by atoms with Crippen molar-refractivity contribution in [2.45, 2.75) is 25.7 Å². The third-order valence-electron chi connectivity index (χ3n) is 3.19. The lowest BCUT2D eigenvalue weighted by molar-refractivity contribution is 0.199. The highest BCUT2D eigenvalue weighted by Crippen LogP contribution is 2.47. The minimum Gasteiger partial charge on any atom is -0.466 e. The van der Waals surface area contributed by atoms with Crippen LogP contribution in [-0.2, 0) is 11.2 Å². The van der Waals surface area contributed by atoms with Gasteiger partial charge in [-0.05, 0) is 24.5 Å². The number of furan rings is 1. The largest absolute Gasteiger partial charge is 0.466 e. The van der Waals surface area contributed by atoms with Crippen molar-refractivity contribution in [1.29, 1.82) is 0 Å². The molecule has 1 aliphatic rings. The molecule has 1 heterocycles. The SMILES string of the molecule is COCCNCCc1ccc(C2CC2C)o1. The first-order chi connectivity index (χ1) is 7.81. The van der Waals surface area contributed by atoms with Gasteiger partial charge in [0, 0.05) is 32.5 Å². The summed E-state index contributed by atoms with van der Waals surface area (Å²) in [7, 11) is 1.72. The normalized spacial score (nSPS) is 23.6. The minimum absolute atomic E-state index is 0.690. The Labute approximate surface area is 97.2 Å². The number of hydrogen-bond donors (Lipinski definition) is 1. The first-order valence-electron chi connectivity index (χ1n) is 6.09. The van der Waals surface area contributed by atoms with Gasteiger partial charge in [0.15, 0.2) is 0 Å². The zero-order valence-electron chi connectivity index (χ0n) is 10.2. The molecular weight excluding hydrogens is 202 g/mol. The number of rotatable bonds is 7. The molecule has 3 heteroatoms. The van der Waals surface area contributed by atoms with Crippen LogP contribution in [0.1, 0.15) is 30.8 Å². The molecule has 0 aromatic carbocycles. The molecule has 0 bridgehead atoms. The van der Waals surface area contributed by atoms with Crippen molar-refractivity contribution >= 4 is 0 Å². The molecule has 0 spiro atoms. The van der Waals surface area contributed by atoms with Crippen LogP contribution in [0.2, 0.25) is 0 Å². The molecule has 0 saturated heterocycles. The molecule has 2 atom stereocenters. The van der Waals surface area contributed by atoms with Crippen molar-refractivity contribution in [3.63, 3.8) is 0 Å². The van der Waals surface area contributed by atoms with E-state index in [1.807, 2.05) is 0 Å². The summed E-state index contributed by atoms with van der Waals surface area (Å²) in [5.74, 6) is 3.78. The van der Waals surface area contributed by atoms with Gasteiger partial charge >= 0.3 is 0 Å². The highest BCUT2D eigenvalue weighted by molar-refractivity contribution is 5.17. The highest BCUT2D eigenvalue weighted by Gasteiger charge is 2.36. The molecule has 1 saturated carbocycles. The van der Waals surface area contributed by atoms with Gasteiger partial charge in [0.2, 0.25) is 0 Å². The van der Waals surface area contributed by atoms with Gasteiger partial charge in [-0.25, -0.2) is 0 Å². The summed E-state index contributed by atoms with van der Waals surface area (Å²) in [5, 5.41) is 3.31. The van der Waals surface area contributed by atoms with E-state index in [2.05, 4.69) is 24.4 Å². The summed E-state index contributed by atoms with van der Waals surface area (Å²) in [6, 6.07) is 4.25. The van der Waals surface area contributed by atoms with E-state index in [-0.39, 0.29) is 0 Å². The van der Waals surface area contributed by atoms with E-state index in [0.29, 0.717) is 5.92 Å². The number of hydrogen-bond acceptors (Lipinski definition) is 3. The molecule has 3 nitrogen and oxygen atoms in total. The number of ether oxygens (including phenoxy) is 1. The fourth-order valence-corrected chi connectivity index (χ4v) is 1.96. The Morgan fingerprint density at radius 3 is 2.94 bits per heavy atom. The van der Waals surface area contributed by atoms with Crippen LogP contribution < -0.4 is 5.32 Å². The zero-order chi connectivity index (χ0) is 11.4. The second-order valence-electron chi connectivity index (χ2n) is 4.62. The Bertz CT molecular complexity index is 321. The van der Waals surface area contributed by atoms with Crippen molar-refractivity contribution in [1.82, 2.24) is 5.32 Å². The summed E-state index contributed by atoms with van der Waals surface area (Å²) >= 11 is 0. The molecule has 1 N–H and O–H groups in total. The van der Waals surface area contributed by atoms with Crippen LogP contribution in [0.4, 0.5) is 0 Å². The van der Waals surface area contributed by atoms with Crippen LogP contribution in [0.15, 0.2) is 16.5 Å². The van der Waals surface area contributed by atoms with Gasteiger partial charge in [-0.15, -0.1) is 0 Å². The highest BCUT2D eigenvalue weighted by atomic mass is 16.5. The molecule has 1 aliphatic carbocycles. The van der Waals surface area contributed by atoms with Crippen LogP contribution in [0.25, 0.3) is 0 Å². The second-order valence-corrected chi connectivity index (χ2v) is 4.62. The summed E-state index contributed by atoms with van der Waals surface area (Å²) in [6.45, 7) is 4.91. The average molecular weight is 223 g/mol. The van der Waals surface area contributed by atoms with E-state index in [9.17, 15) is 0 Å². The standard InChI is InChI=1S/C13H21NO2/c1-10-9-12(10)13-4-3-11(16-13)5-6-14-7-8-15-2/h3-4,10,12,14H,5-9H2,1-2H3. The molecule has 1 fully saturated rings. The summed E-state index contributed by atoms with van der Waals surface area (Å²) in [4.78, 5) is 0. The Balaban J connectivity index is 1.67. The Hall–Kier alpha value is -0.800. The third-order valence-corrected chi connectivity index (χ3v) is 3.19. The number of methoxy groups -OCH3 is 1. The van der Waals surface area contributed by atoms with Crippen LogP contribution >= 0.6 is 0 Å². The van der Waals surface area contributed by atoms with Crippen molar-refractivity contribution in [2.75, 3.05) is 26.8 Å². The molecule has 1 aromatic heterocycles. The van der Waals surface area contributed by atoms with E-state index in [1.165, 1.54) is 12.2 Å². The van der Waals surface area contributed by atoms with Crippen LogP contribution in [0, 0.1) is 5.92 Å². The van der Waals surface area contributed by atoms with E-state index >= 15 is 0 Å². The maximum Gasteiger partial charge on any atom is 0.107 e. The van der Waals surface area contributed by atoms with Crippen LogP contribution in [0.5, 0.6) is 0 Å². The smallest absolute Gasteiger partial charge is 0.107 e. The van der Waals surface area contributed by atoms with Crippen molar-refractivity contribution in [2.24, 2.45) is 5.92 Å².